The molecule has 0 aliphatic rings. The minimum atomic E-state index is 0.669. The second-order valence-electron chi connectivity index (χ2n) is 7.63. The quantitative estimate of drug-likeness (QED) is 0.305. The number of hydrogen-bond donors (Lipinski definition) is 0. The molecule has 0 saturated carbocycles. The number of aromatic nitrogens is 4. The Morgan fingerprint density at radius 1 is 0.625 bits per heavy atom. The van der Waals surface area contributed by atoms with Crippen LogP contribution in [-0.4, -0.2) is 19.9 Å². The second-order valence-corrected chi connectivity index (χ2v) is 8.71. The van der Waals surface area contributed by atoms with Crippen LogP contribution in [0.3, 0.4) is 0 Å². The van der Waals surface area contributed by atoms with Gasteiger partial charge in [0, 0.05) is 49.3 Å². The van der Waals surface area contributed by atoms with Crippen LogP contribution in [0, 0.1) is 6.92 Å². The van der Waals surface area contributed by atoms with E-state index in [2.05, 4.69) is 75.6 Å². The zero-order valence-corrected chi connectivity index (χ0v) is 18.2. The van der Waals surface area contributed by atoms with E-state index in [1.807, 2.05) is 42.7 Å². The molecule has 32 heavy (non-hydrogen) atoms. The highest BCUT2D eigenvalue weighted by Gasteiger charge is 2.14. The van der Waals surface area contributed by atoms with Crippen molar-refractivity contribution < 1.29 is 0 Å². The van der Waals surface area contributed by atoms with E-state index in [1.54, 1.807) is 6.20 Å². The Labute approximate surface area is 189 Å². The van der Waals surface area contributed by atoms with Crippen LogP contribution in [0.5, 0.6) is 0 Å². The molecule has 3 heterocycles. The van der Waals surface area contributed by atoms with Crippen molar-refractivity contribution >= 4 is 31.5 Å². The molecule has 5 heteroatoms. The van der Waals surface area contributed by atoms with Crippen LogP contribution in [0.15, 0.2) is 91.3 Å². The largest absolute Gasteiger partial charge is 0.264 e. The third-order valence-electron chi connectivity index (χ3n) is 5.52. The number of thiophene rings is 1. The third kappa shape index (κ3) is 3.24. The van der Waals surface area contributed by atoms with Crippen molar-refractivity contribution in [2.24, 2.45) is 0 Å². The highest BCUT2D eigenvalue weighted by molar-refractivity contribution is 7.25. The summed E-state index contributed by atoms with van der Waals surface area (Å²) in [6.45, 7) is 1.92. The number of aryl methyl sites for hydroxylation is 1. The minimum absolute atomic E-state index is 0.669. The van der Waals surface area contributed by atoms with Gasteiger partial charge >= 0.3 is 0 Å². The smallest absolute Gasteiger partial charge is 0.164 e. The van der Waals surface area contributed by atoms with Crippen molar-refractivity contribution in [1.82, 2.24) is 19.9 Å². The van der Waals surface area contributed by atoms with Crippen LogP contribution in [0.2, 0.25) is 0 Å². The molecule has 0 aliphatic carbocycles. The maximum Gasteiger partial charge on any atom is 0.164 e. The standard InChI is InChI=1S/C27H18N4S/c1-17-29-26(18-12-13-25-23(15-18)21-9-4-5-11-24(21)32-25)31-27(30-17)22-10-3-2-8-20(22)19-7-6-14-28-16-19/h2-16H,1H3. The number of hydrogen-bond acceptors (Lipinski definition) is 5. The molecule has 0 radical (unpaired) electrons. The zero-order chi connectivity index (χ0) is 21.5. The van der Waals surface area contributed by atoms with E-state index in [9.17, 15) is 0 Å². The lowest BCUT2D eigenvalue weighted by Gasteiger charge is -2.10. The van der Waals surface area contributed by atoms with Crippen LogP contribution in [0.25, 0.3) is 54.1 Å². The molecule has 0 spiro atoms. The molecular formula is C27H18N4S. The fourth-order valence-corrected chi connectivity index (χ4v) is 5.13. The van der Waals surface area contributed by atoms with Crippen LogP contribution in [-0.2, 0) is 0 Å². The topological polar surface area (TPSA) is 51.6 Å². The monoisotopic (exact) mass is 430 g/mol. The van der Waals surface area contributed by atoms with Gasteiger partial charge in [-0.2, -0.15) is 0 Å². The molecular weight excluding hydrogens is 412 g/mol. The summed E-state index contributed by atoms with van der Waals surface area (Å²) in [5.74, 6) is 2.05. The summed E-state index contributed by atoms with van der Waals surface area (Å²) in [7, 11) is 0. The maximum atomic E-state index is 4.89. The predicted octanol–water partition coefficient (Wildman–Crippen LogP) is 6.94. The van der Waals surface area contributed by atoms with Crippen LogP contribution < -0.4 is 0 Å². The molecule has 0 N–H and O–H groups in total. The Bertz CT molecular complexity index is 1590. The first-order chi connectivity index (χ1) is 15.8. The SMILES string of the molecule is Cc1nc(-c2ccc3sc4ccccc4c3c2)nc(-c2ccccc2-c2cccnc2)n1. The van der Waals surface area contributed by atoms with Crippen molar-refractivity contribution in [2.45, 2.75) is 6.92 Å². The summed E-state index contributed by atoms with van der Waals surface area (Å²) in [5, 5.41) is 2.50. The van der Waals surface area contributed by atoms with Gasteiger partial charge in [0.1, 0.15) is 5.82 Å². The highest BCUT2D eigenvalue weighted by Crippen LogP contribution is 2.36. The Morgan fingerprint density at radius 3 is 2.28 bits per heavy atom. The van der Waals surface area contributed by atoms with Crippen molar-refractivity contribution in [3.63, 3.8) is 0 Å². The Kier molecular flexibility index (Phi) is 4.47. The molecule has 0 aliphatic heterocycles. The van der Waals surface area contributed by atoms with Gasteiger partial charge in [-0.3, -0.25) is 4.98 Å². The maximum absolute atomic E-state index is 4.89. The molecule has 4 nitrogen and oxygen atoms in total. The van der Waals surface area contributed by atoms with E-state index in [1.165, 1.54) is 20.2 Å². The van der Waals surface area contributed by atoms with Gasteiger partial charge < -0.3 is 0 Å². The lowest BCUT2D eigenvalue weighted by molar-refractivity contribution is 0.992. The zero-order valence-electron chi connectivity index (χ0n) is 17.4. The number of fused-ring (bicyclic) bond motifs is 3. The van der Waals surface area contributed by atoms with E-state index in [0.29, 0.717) is 17.5 Å². The Hall–Kier alpha value is -3.96. The number of pyridine rings is 1. The van der Waals surface area contributed by atoms with Gasteiger partial charge in [0.15, 0.2) is 11.6 Å². The van der Waals surface area contributed by atoms with Crippen LogP contribution in [0.4, 0.5) is 0 Å². The molecule has 152 valence electrons. The van der Waals surface area contributed by atoms with E-state index in [0.717, 1.165) is 22.3 Å². The van der Waals surface area contributed by atoms with E-state index < -0.39 is 0 Å². The normalized spacial score (nSPS) is 11.3. The predicted molar refractivity (Wildman–Crippen MR) is 132 cm³/mol. The molecule has 3 aromatic heterocycles. The van der Waals surface area contributed by atoms with Crippen molar-refractivity contribution in [1.29, 1.82) is 0 Å². The first kappa shape index (κ1) is 18.8. The first-order valence-electron chi connectivity index (χ1n) is 10.4. The van der Waals surface area contributed by atoms with Gasteiger partial charge in [-0.25, -0.2) is 15.0 Å². The van der Waals surface area contributed by atoms with Gasteiger partial charge in [-0.15, -0.1) is 11.3 Å². The second kappa shape index (κ2) is 7.62. The molecule has 6 rings (SSSR count). The summed E-state index contributed by atoms with van der Waals surface area (Å²) in [5.41, 5.74) is 4.05. The van der Waals surface area contributed by atoms with Gasteiger partial charge in [-0.1, -0.05) is 48.5 Å². The molecule has 0 atom stereocenters. The molecule has 0 fully saturated rings. The molecule has 0 unspecified atom stereocenters. The summed E-state index contributed by atoms with van der Waals surface area (Å²) in [4.78, 5) is 18.5. The first-order valence-corrected chi connectivity index (χ1v) is 11.2. The lowest BCUT2D eigenvalue weighted by atomic mass is 10.0. The molecule has 3 aromatic carbocycles. The van der Waals surface area contributed by atoms with Gasteiger partial charge in [0.25, 0.3) is 0 Å². The average molecular weight is 431 g/mol. The van der Waals surface area contributed by atoms with E-state index in [-0.39, 0.29) is 0 Å². The van der Waals surface area contributed by atoms with E-state index >= 15 is 0 Å². The van der Waals surface area contributed by atoms with Crippen molar-refractivity contribution in [3.8, 4) is 33.9 Å². The highest BCUT2D eigenvalue weighted by atomic mass is 32.1. The fraction of sp³-hybridized carbons (Fsp3) is 0.0370. The fourth-order valence-electron chi connectivity index (χ4n) is 4.05. The number of nitrogens with zero attached hydrogens (tertiary/aromatic N) is 4. The molecule has 0 bridgehead atoms. The summed E-state index contributed by atoms with van der Waals surface area (Å²) in [6.07, 6.45) is 3.64. The number of rotatable bonds is 3. The Balaban J connectivity index is 1.52. The van der Waals surface area contributed by atoms with Crippen LogP contribution >= 0.6 is 11.3 Å². The van der Waals surface area contributed by atoms with Crippen LogP contribution in [0.1, 0.15) is 5.82 Å². The van der Waals surface area contributed by atoms with Gasteiger partial charge in [-0.05, 0) is 42.8 Å². The van der Waals surface area contributed by atoms with Gasteiger partial charge in [0.2, 0.25) is 0 Å². The minimum Gasteiger partial charge on any atom is -0.264 e. The third-order valence-corrected chi connectivity index (χ3v) is 6.67. The van der Waals surface area contributed by atoms with E-state index in [4.69, 9.17) is 4.98 Å². The van der Waals surface area contributed by atoms with Crippen molar-refractivity contribution in [2.75, 3.05) is 0 Å². The molecule has 6 aromatic rings. The van der Waals surface area contributed by atoms with Gasteiger partial charge in [0.05, 0.1) is 0 Å². The average Bonchev–Trinajstić information content (AvgIpc) is 3.22. The van der Waals surface area contributed by atoms with Crippen molar-refractivity contribution in [3.05, 3.63) is 97.1 Å². The molecule has 0 saturated heterocycles. The summed E-state index contributed by atoms with van der Waals surface area (Å²) < 4.78 is 2.56. The Morgan fingerprint density at radius 2 is 1.41 bits per heavy atom. The molecule has 0 amide bonds. The summed E-state index contributed by atoms with van der Waals surface area (Å²) >= 11 is 1.81. The lowest BCUT2D eigenvalue weighted by Crippen LogP contribution is -2.00. The summed E-state index contributed by atoms with van der Waals surface area (Å²) in [6, 6.07) is 27.1. The number of benzene rings is 3.